The molecule has 0 saturated heterocycles. The van der Waals surface area contributed by atoms with E-state index in [4.69, 9.17) is 0 Å². The summed E-state index contributed by atoms with van der Waals surface area (Å²) in [6.07, 6.45) is 1.08. The normalized spacial score (nSPS) is 12.3. The molecule has 0 N–H and O–H groups in total. The molecule has 0 unspecified atom stereocenters. The average Bonchev–Trinajstić information content (AvgIpc) is 2.39. The van der Waals surface area contributed by atoms with Gasteiger partial charge >= 0.3 is 0 Å². The maximum atomic E-state index is 12.2. The van der Waals surface area contributed by atoms with Crippen molar-refractivity contribution >= 4 is 19.7 Å². The fourth-order valence-electron chi connectivity index (χ4n) is 1.60. The third-order valence-corrected chi connectivity index (χ3v) is 5.53. The lowest BCUT2D eigenvalue weighted by Gasteiger charge is -2.05. The minimum Gasteiger partial charge on any atom is -0.224 e. The highest BCUT2D eigenvalue weighted by atomic mass is 32.2. The summed E-state index contributed by atoms with van der Waals surface area (Å²) in [7, 11) is -6.92. The van der Waals surface area contributed by atoms with E-state index in [1.165, 1.54) is 36.4 Å². The third kappa shape index (κ3) is 2.85. The second-order valence-electron chi connectivity index (χ2n) is 4.06. The predicted octanol–water partition coefficient (Wildman–Crippen LogP) is 1.92. The molecule has 0 radical (unpaired) electrons. The number of hydrogen-bond acceptors (Lipinski definition) is 4. The van der Waals surface area contributed by atoms with Crippen molar-refractivity contribution in [2.75, 3.05) is 6.26 Å². The third-order valence-electron chi connectivity index (χ3n) is 2.62. The molecule has 0 atom stereocenters. The van der Waals surface area contributed by atoms with Crippen LogP contribution in [-0.2, 0) is 19.7 Å². The molecule has 100 valence electrons. The minimum atomic E-state index is -3.60. The van der Waals surface area contributed by atoms with Gasteiger partial charge in [-0.05, 0) is 36.4 Å². The van der Waals surface area contributed by atoms with Crippen LogP contribution in [0.1, 0.15) is 0 Å². The molecule has 2 rings (SSSR count). The summed E-state index contributed by atoms with van der Waals surface area (Å²) in [6.45, 7) is 0. The van der Waals surface area contributed by atoms with Crippen LogP contribution in [0, 0.1) is 0 Å². The van der Waals surface area contributed by atoms with Crippen molar-refractivity contribution in [3.8, 4) is 0 Å². The summed E-state index contributed by atoms with van der Waals surface area (Å²) in [4.78, 5) is 0.354. The maximum Gasteiger partial charge on any atom is 0.206 e. The van der Waals surface area contributed by atoms with Crippen LogP contribution in [0.2, 0.25) is 0 Å². The zero-order chi connectivity index (χ0) is 14.1. The molecule has 0 aliphatic heterocycles. The Morgan fingerprint density at radius 1 is 0.632 bits per heavy atom. The first kappa shape index (κ1) is 13.8. The molecule has 0 aliphatic rings. The molecule has 0 saturated carbocycles. The fourth-order valence-corrected chi connectivity index (χ4v) is 3.51. The van der Waals surface area contributed by atoms with Crippen LogP contribution in [-0.4, -0.2) is 23.1 Å². The van der Waals surface area contributed by atoms with Crippen molar-refractivity contribution in [3.63, 3.8) is 0 Å². The molecule has 0 amide bonds. The zero-order valence-electron chi connectivity index (χ0n) is 10.1. The van der Waals surface area contributed by atoms with E-state index in [1.54, 1.807) is 18.2 Å². The van der Waals surface area contributed by atoms with Crippen molar-refractivity contribution < 1.29 is 16.8 Å². The largest absolute Gasteiger partial charge is 0.224 e. The molecule has 19 heavy (non-hydrogen) atoms. The van der Waals surface area contributed by atoms with Crippen molar-refractivity contribution in [1.82, 2.24) is 0 Å². The van der Waals surface area contributed by atoms with E-state index in [-0.39, 0.29) is 14.7 Å². The van der Waals surface area contributed by atoms with Gasteiger partial charge in [-0.15, -0.1) is 0 Å². The van der Waals surface area contributed by atoms with E-state index in [9.17, 15) is 16.8 Å². The Hall–Kier alpha value is -1.66. The van der Waals surface area contributed by atoms with Crippen molar-refractivity contribution in [2.24, 2.45) is 0 Å². The fraction of sp³-hybridized carbons (Fsp3) is 0.0769. The molecule has 0 fully saturated rings. The lowest BCUT2D eigenvalue weighted by atomic mass is 10.4. The number of hydrogen-bond donors (Lipinski definition) is 0. The summed E-state index contributed by atoms with van der Waals surface area (Å²) in [5, 5.41) is 0. The number of benzene rings is 2. The predicted molar refractivity (Wildman–Crippen MR) is 71.4 cm³/mol. The first-order chi connectivity index (χ1) is 8.82. The molecule has 6 heteroatoms. The van der Waals surface area contributed by atoms with Gasteiger partial charge in [0.1, 0.15) is 0 Å². The van der Waals surface area contributed by atoms with Crippen LogP contribution in [0.3, 0.4) is 0 Å². The lowest BCUT2D eigenvalue weighted by Crippen LogP contribution is -2.03. The van der Waals surface area contributed by atoms with Gasteiger partial charge < -0.3 is 0 Å². The highest BCUT2D eigenvalue weighted by molar-refractivity contribution is 7.91. The Balaban J connectivity index is 2.49. The molecule has 4 nitrogen and oxygen atoms in total. The molecule has 0 bridgehead atoms. The molecule has 0 aliphatic carbocycles. The summed E-state index contributed by atoms with van der Waals surface area (Å²) < 4.78 is 47.1. The minimum absolute atomic E-state index is 0.0751. The van der Waals surface area contributed by atoms with Crippen LogP contribution in [0.15, 0.2) is 69.3 Å². The summed E-state index contributed by atoms with van der Waals surface area (Å²) in [5.74, 6) is 0. The average molecular weight is 296 g/mol. The van der Waals surface area contributed by atoms with Gasteiger partial charge in [-0.3, -0.25) is 0 Å². The van der Waals surface area contributed by atoms with E-state index in [2.05, 4.69) is 0 Å². The van der Waals surface area contributed by atoms with E-state index >= 15 is 0 Å². The van der Waals surface area contributed by atoms with Crippen LogP contribution in [0.5, 0.6) is 0 Å². The topological polar surface area (TPSA) is 68.3 Å². The van der Waals surface area contributed by atoms with Gasteiger partial charge in [0.25, 0.3) is 0 Å². The van der Waals surface area contributed by atoms with E-state index in [0.29, 0.717) is 0 Å². The van der Waals surface area contributed by atoms with Gasteiger partial charge in [0.2, 0.25) is 9.84 Å². The maximum absolute atomic E-state index is 12.2. The zero-order valence-corrected chi connectivity index (χ0v) is 11.8. The molecule has 2 aromatic carbocycles. The molecular formula is C13H12O4S2. The van der Waals surface area contributed by atoms with E-state index in [1.807, 2.05) is 0 Å². The van der Waals surface area contributed by atoms with Crippen molar-refractivity contribution in [1.29, 1.82) is 0 Å². The summed E-state index contributed by atoms with van der Waals surface area (Å²) in [6, 6.07) is 13.2. The molecule has 0 heterocycles. The standard InChI is InChI=1S/C13H12O4S2/c1-18(14,15)11-7-9-13(10-8-11)19(16,17)12-5-3-2-4-6-12/h2-10H,1H3. The Labute approximate surface area is 112 Å². The van der Waals surface area contributed by atoms with Gasteiger partial charge in [-0.1, -0.05) is 18.2 Å². The van der Waals surface area contributed by atoms with E-state index < -0.39 is 19.7 Å². The second-order valence-corrected chi connectivity index (χ2v) is 8.03. The van der Waals surface area contributed by atoms with Crippen LogP contribution < -0.4 is 0 Å². The van der Waals surface area contributed by atoms with Crippen LogP contribution >= 0.6 is 0 Å². The van der Waals surface area contributed by atoms with Gasteiger partial charge in [-0.2, -0.15) is 0 Å². The van der Waals surface area contributed by atoms with Crippen molar-refractivity contribution in [3.05, 3.63) is 54.6 Å². The number of sulfone groups is 2. The van der Waals surface area contributed by atoms with Gasteiger partial charge in [0.15, 0.2) is 9.84 Å². The monoisotopic (exact) mass is 296 g/mol. The van der Waals surface area contributed by atoms with Gasteiger partial charge in [0.05, 0.1) is 14.7 Å². The second kappa shape index (κ2) is 4.79. The Kier molecular flexibility index (Phi) is 3.47. The molecule has 0 aromatic heterocycles. The highest BCUT2D eigenvalue weighted by Crippen LogP contribution is 2.21. The summed E-state index contributed by atoms with van der Waals surface area (Å²) >= 11 is 0. The lowest BCUT2D eigenvalue weighted by molar-refractivity contribution is 0.594. The van der Waals surface area contributed by atoms with Crippen molar-refractivity contribution in [2.45, 2.75) is 14.7 Å². The van der Waals surface area contributed by atoms with Gasteiger partial charge in [-0.25, -0.2) is 16.8 Å². The van der Waals surface area contributed by atoms with Gasteiger partial charge in [0, 0.05) is 6.26 Å². The molecule has 2 aromatic rings. The molecule has 0 spiro atoms. The SMILES string of the molecule is CS(=O)(=O)c1ccc(S(=O)(=O)c2ccccc2)cc1. The summed E-state index contributed by atoms with van der Waals surface area (Å²) in [5.41, 5.74) is 0. The number of rotatable bonds is 3. The molecular weight excluding hydrogens is 284 g/mol. The first-order valence-electron chi connectivity index (χ1n) is 5.42. The Morgan fingerprint density at radius 3 is 1.53 bits per heavy atom. The van der Waals surface area contributed by atoms with E-state index in [0.717, 1.165) is 6.26 Å². The quantitative estimate of drug-likeness (QED) is 0.868. The highest BCUT2D eigenvalue weighted by Gasteiger charge is 2.17. The smallest absolute Gasteiger partial charge is 0.206 e. The van der Waals surface area contributed by atoms with Crippen LogP contribution in [0.25, 0.3) is 0 Å². The first-order valence-corrected chi connectivity index (χ1v) is 8.79. The Morgan fingerprint density at radius 2 is 1.05 bits per heavy atom. The Bertz CT molecular complexity index is 774. The van der Waals surface area contributed by atoms with Crippen LogP contribution in [0.4, 0.5) is 0 Å².